The summed E-state index contributed by atoms with van der Waals surface area (Å²) in [6.07, 6.45) is 9.59. The molecule has 1 amide bonds. The van der Waals surface area contributed by atoms with E-state index in [1.807, 2.05) is 6.07 Å². The molecule has 0 aliphatic heterocycles. The number of hydrogen-bond donors (Lipinski definition) is 3. The van der Waals surface area contributed by atoms with Crippen LogP contribution in [0.3, 0.4) is 0 Å². The number of hydrogen-bond acceptors (Lipinski definition) is 4. The molecule has 0 aromatic heterocycles. The van der Waals surface area contributed by atoms with Crippen molar-refractivity contribution < 1.29 is 14.3 Å². The second-order valence-corrected chi connectivity index (χ2v) is 8.71. The number of guanidine groups is 1. The minimum atomic E-state index is 0. The van der Waals surface area contributed by atoms with Gasteiger partial charge in [0, 0.05) is 38.0 Å². The van der Waals surface area contributed by atoms with Crippen molar-refractivity contribution >= 4 is 35.8 Å². The molecule has 0 unspecified atom stereocenters. The second-order valence-electron chi connectivity index (χ2n) is 8.71. The Balaban J connectivity index is 0.00000363. The molecule has 3 rings (SSSR count). The van der Waals surface area contributed by atoms with E-state index in [-0.39, 0.29) is 35.3 Å². The molecule has 32 heavy (non-hydrogen) atoms. The minimum Gasteiger partial charge on any atom is -0.493 e. The number of aliphatic imine (C=N–C) groups is 1. The van der Waals surface area contributed by atoms with E-state index < -0.39 is 0 Å². The molecule has 180 valence electrons. The fourth-order valence-electron chi connectivity index (χ4n) is 4.42. The van der Waals surface area contributed by atoms with Gasteiger partial charge in [-0.05, 0) is 49.8 Å². The number of methoxy groups -OCH3 is 2. The number of carbonyl (C=O) groups excluding carboxylic acids is 1. The highest BCUT2D eigenvalue weighted by Gasteiger charge is 2.34. The van der Waals surface area contributed by atoms with E-state index in [4.69, 9.17) is 9.47 Å². The number of benzene rings is 1. The number of rotatable bonds is 10. The maximum Gasteiger partial charge on any atom is 0.220 e. The van der Waals surface area contributed by atoms with Gasteiger partial charge >= 0.3 is 0 Å². The van der Waals surface area contributed by atoms with Crippen LogP contribution in [0.2, 0.25) is 0 Å². The molecular weight excluding hydrogens is 519 g/mol. The number of ether oxygens (including phenoxy) is 2. The third kappa shape index (κ3) is 7.42. The van der Waals surface area contributed by atoms with Gasteiger partial charge in [-0.25, -0.2) is 0 Å². The number of halogens is 1. The van der Waals surface area contributed by atoms with Crippen LogP contribution in [-0.2, 0) is 10.2 Å². The van der Waals surface area contributed by atoms with Gasteiger partial charge in [0.1, 0.15) is 0 Å². The minimum absolute atomic E-state index is 0. The highest BCUT2D eigenvalue weighted by Crippen LogP contribution is 2.42. The topological polar surface area (TPSA) is 84.0 Å². The average molecular weight is 559 g/mol. The van der Waals surface area contributed by atoms with Crippen LogP contribution in [0.1, 0.15) is 63.4 Å². The molecule has 2 aliphatic rings. The summed E-state index contributed by atoms with van der Waals surface area (Å²) in [7, 11) is 5.14. The van der Waals surface area contributed by atoms with E-state index in [9.17, 15) is 4.79 Å². The molecule has 2 fully saturated rings. The van der Waals surface area contributed by atoms with Crippen molar-refractivity contribution in [1.29, 1.82) is 0 Å². The maximum absolute atomic E-state index is 11.8. The van der Waals surface area contributed by atoms with Crippen molar-refractivity contribution in [2.24, 2.45) is 4.99 Å². The Morgan fingerprint density at radius 3 is 2.44 bits per heavy atom. The fourth-order valence-corrected chi connectivity index (χ4v) is 4.42. The third-order valence-corrected chi connectivity index (χ3v) is 6.44. The quantitative estimate of drug-likeness (QED) is 0.176. The molecule has 0 heterocycles. The number of nitrogens with one attached hydrogen (secondary N) is 3. The number of carbonyl (C=O) groups is 1. The summed E-state index contributed by atoms with van der Waals surface area (Å²) in [4.78, 5) is 16.2. The van der Waals surface area contributed by atoms with Crippen LogP contribution < -0.4 is 25.4 Å². The molecule has 0 spiro atoms. The lowest BCUT2D eigenvalue weighted by atomic mass is 9.69. The number of amides is 1. The smallest absolute Gasteiger partial charge is 0.220 e. The first-order chi connectivity index (χ1) is 15.1. The summed E-state index contributed by atoms with van der Waals surface area (Å²) in [5.41, 5.74) is 1.32. The Morgan fingerprint density at radius 1 is 1.09 bits per heavy atom. The van der Waals surface area contributed by atoms with E-state index in [1.165, 1.54) is 24.8 Å². The molecule has 1 aromatic rings. The van der Waals surface area contributed by atoms with Crippen LogP contribution >= 0.6 is 24.0 Å². The van der Waals surface area contributed by atoms with E-state index in [2.05, 4.69) is 33.1 Å². The zero-order valence-corrected chi connectivity index (χ0v) is 22.0. The van der Waals surface area contributed by atoms with E-state index in [0.717, 1.165) is 62.7 Å². The predicted molar refractivity (Wildman–Crippen MR) is 139 cm³/mol. The highest BCUT2D eigenvalue weighted by molar-refractivity contribution is 14.0. The van der Waals surface area contributed by atoms with Crippen molar-refractivity contribution in [2.45, 2.75) is 69.2 Å². The molecule has 3 N–H and O–H groups in total. The molecular formula is C24H39IN4O3. The van der Waals surface area contributed by atoms with Crippen LogP contribution in [0.4, 0.5) is 0 Å². The van der Waals surface area contributed by atoms with Crippen molar-refractivity contribution in [3.8, 4) is 11.5 Å². The summed E-state index contributed by atoms with van der Waals surface area (Å²) >= 11 is 0. The molecule has 2 aliphatic carbocycles. The first-order valence-corrected chi connectivity index (χ1v) is 11.6. The van der Waals surface area contributed by atoms with Crippen LogP contribution in [0.15, 0.2) is 23.2 Å². The van der Waals surface area contributed by atoms with Crippen molar-refractivity contribution in [3.63, 3.8) is 0 Å². The average Bonchev–Trinajstić information content (AvgIpc) is 3.62. The molecule has 0 bridgehead atoms. The maximum atomic E-state index is 11.8. The summed E-state index contributed by atoms with van der Waals surface area (Å²) in [6, 6.07) is 6.73. The lowest BCUT2D eigenvalue weighted by molar-refractivity contribution is -0.121. The van der Waals surface area contributed by atoms with Gasteiger partial charge in [-0.1, -0.05) is 25.3 Å². The van der Waals surface area contributed by atoms with Gasteiger partial charge in [0.05, 0.1) is 14.2 Å². The Kier molecular flexibility index (Phi) is 10.9. The monoisotopic (exact) mass is 558 g/mol. The van der Waals surface area contributed by atoms with E-state index in [1.54, 1.807) is 21.3 Å². The van der Waals surface area contributed by atoms with Gasteiger partial charge in [-0.15, -0.1) is 24.0 Å². The first kappa shape index (κ1) is 26.5. The van der Waals surface area contributed by atoms with Gasteiger partial charge in [0.15, 0.2) is 17.5 Å². The van der Waals surface area contributed by atoms with Gasteiger partial charge in [0.25, 0.3) is 0 Å². The lowest BCUT2D eigenvalue weighted by Gasteiger charge is -2.38. The van der Waals surface area contributed by atoms with Crippen molar-refractivity contribution in [3.05, 3.63) is 23.8 Å². The predicted octanol–water partition coefficient (Wildman–Crippen LogP) is 3.75. The van der Waals surface area contributed by atoms with Gasteiger partial charge in [-0.2, -0.15) is 0 Å². The molecule has 0 radical (unpaired) electrons. The fraction of sp³-hybridized carbons (Fsp3) is 0.667. The molecule has 0 saturated heterocycles. The van der Waals surface area contributed by atoms with Crippen molar-refractivity contribution in [1.82, 2.24) is 16.0 Å². The Hall–Kier alpha value is -1.71. The van der Waals surface area contributed by atoms with Crippen LogP contribution in [0.25, 0.3) is 0 Å². The SMILES string of the molecule is CN=C(NCCCC(=O)NC1CC1)NCC1(c2ccc(OC)c(OC)c2)CCCCC1.I. The number of nitrogens with zero attached hydrogens (tertiary/aromatic N) is 1. The Morgan fingerprint density at radius 2 is 1.81 bits per heavy atom. The molecule has 0 atom stereocenters. The van der Waals surface area contributed by atoms with E-state index in [0.29, 0.717) is 12.5 Å². The largest absolute Gasteiger partial charge is 0.493 e. The van der Waals surface area contributed by atoms with Gasteiger partial charge in [-0.3, -0.25) is 9.79 Å². The van der Waals surface area contributed by atoms with Gasteiger partial charge in [0.2, 0.25) is 5.91 Å². The van der Waals surface area contributed by atoms with Crippen LogP contribution in [0, 0.1) is 0 Å². The Bertz CT molecular complexity index is 762. The molecule has 2 saturated carbocycles. The summed E-state index contributed by atoms with van der Waals surface area (Å²) in [5, 5.41) is 9.93. The van der Waals surface area contributed by atoms with Gasteiger partial charge < -0.3 is 25.4 Å². The second kappa shape index (κ2) is 13.1. The van der Waals surface area contributed by atoms with E-state index >= 15 is 0 Å². The van der Waals surface area contributed by atoms with Crippen molar-refractivity contribution in [2.75, 3.05) is 34.4 Å². The first-order valence-electron chi connectivity index (χ1n) is 11.6. The molecule has 8 heteroatoms. The lowest BCUT2D eigenvalue weighted by Crippen LogP contribution is -2.46. The third-order valence-electron chi connectivity index (χ3n) is 6.44. The summed E-state index contributed by atoms with van der Waals surface area (Å²) in [6.45, 7) is 1.53. The summed E-state index contributed by atoms with van der Waals surface area (Å²) < 4.78 is 11.0. The molecule has 7 nitrogen and oxygen atoms in total. The Labute approximate surface area is 209 Å². The molecule has 1 aromatic carbocycles. The normalized spacial score (nSPS) is 17.7. The highest BCUT2D eigenvalue weighted by atomic mass is 127. The summed E-state index contributed by atoms with van der Waals surface area (Å²) in [5.74, 6) is 2.47. The van der Waals surface area contributed by atoms with Crippen LogP contribution in [-0.4, -0.2) is 52.3 Å². The van der Waals surface area contributed by atoms with Crippen LogP contribution in [0.5, 0.6) is 11.5 Å². The zero-order valence-electron chi connectivity index (χ0n) is 19.7. The zero-order chi connectivity index (χ0) is 22.1. The standard InChI is InChI=1S/C24H38N4O3.HI/c1-25-23(26-15-7-8-22(29)28-19-10-11-19)27-17-24(13-5-4-6-14-24)18-9-12-20(30-2)21(16-18)31-3;/h9,12,16,19H,4-8,10-11,13-15,17H2,1-3H3,(H,28,29)(H2,25,26,27);1H.